The highest BCUT2D eigenvalue weighted by molar-refractivity contribution is 5.96. The maximum absolute atomic E-state index is 13.4. The van der Waals surface area contributed by atoms with E-state index in [0.717, 1.165) is 22.8 Å². The van der Waals surface area contributed by atoms with Gasteiger partial charge in [0.05, 0.1) is 36.4 Å². The highest BCUT2D eigenvalue weighted by atomic mass is 35.5. The fourth-order valence-electron chi connectivity index (χ4n) is 3.55. The molecule has 1 amide bonds. The molecule has 0 N–H and O–H groups in total. The lowest BCUT2D eigenvalue weighted by Gasteiger charge is -2.16. The number of halogens is 2. The van der Waals surface area contributed by atoms with E-state index in [2.05, 4.69) is 15.1 Å². The minimum Gasteiger partial charge on any atom is -0.354 e. The third-order valence-corrected chi connectivity index (χ3v) is 4.97. The summed E-state index contributed by atoms with van der Waals surface area (Å²) >= 11 is 0. The first-order chi connectivity index (χ1) is 13.2. The topological polar surface area (TPSA) is 67.2 Å². The van der Waals surface area contributed by atoms with E-state index >= 15 is 0 Å². The average molecular weight is 401 g/mol. The number of fused-ring (bicyclic) bond motifs is 1. The molecule has 5 heterocycles. The van der Waals surface area contributed by atoms with Crippen molar-refractivity contribution in [2.75, 3.05) is 22.9 Å². The fraction of sp³-hybridized carbons (Fsp3) is 0.263. The molecule has 1 atom stereocenters. The Balaban J connectivity index is 0.00000192. The number of pyridine rings is 2. The summed E-state index contributed by atoms with van der Waals surface area (Å²) in [5.41, 5.74) is 3.10. The van der Waals surface area contributed by atoms with Crippen molar-refractivity contribution in [1.29, 1.82) is 0 Å². The van der Waals surface area contributed by atoms with Crippen molar-refractivity contribution in [1.82, 2.24) is 19.7 Å². The smallest absolute Gasteiger partial charge is 0.349 e. The van der Waals surface area contributed by atoms with E-state index < -0.39 is 6.17 Å². The molecule has 9 heteroatoms. The average Bonchev–Trinajstić information content (AvgIpc) is 3.39. The lowest BCUT2D eigenvalue weighted by atomic mass is 10.2. The first-order valence-electron chi connectivity index (χ1n) is 8.85. The zero-order valence-corrected chi connectivity index (χ0v) is 15.7. The molecule has 28 heavy (non-hydrogen) atoms. The van der Waals surface area contributed by atoms with Crippen molar-refractivity contribution in [3.63, 3.8) is 0 Å². The van der Waals surface area contributed by atoms with Gasteiger partial charge in [-0.25, -0.2) is 14.2 Å². The molecular weight excluding hydrogens is 383 g/mol. The number of rotatable bonds is 3. The van der Waals surface area contributed by atoms with Crippen LogP contribution in [0.4, 0.5) is 20.7 Å². The molecule has 2 aliphatic rings. The fourth-order valence-corrected chi connectivity index (χ4v) is 3.55. The van der Waals surface area contributed by atoms with E-state index in [1.807, 2.05) is 29.2 Å². The van der Waals surface area contributed by atoms with Crippen LogP contribution in [0.1, 0.15) is 12.1 Å². The predicted octanol–water partition coefficient (Wildman–Crippen LogP) is 3.30. The van der Waals surface area contributed by atoms with Gasteiger partial charge in [0.2, 0.25) is 0 Å². The molecule has 0 radical (unpaired) electrons. The molecule has 0 bridgehead atoms. The molecule has 0 spiro atoms. The molecule has 2 aliphatic heterocycles. The number of hydrogen-bond acceptors (Lipinski definition) is 5. The van der Waals surface area contributed by atoms with Crippen molar-refractivity contribution in [2.45, 2.75) is 19.1 Å². The van der Waals surface area contributed by atoms with Crippen LogP contribution in [0.5, 0.6) is 0 Å². The molecule has 7 nitrogen and oxygen atoms in total. The third kappa shape index (κ3) is 3.09. The number of carbonyl (C=O) groups excluding carboxylic acids is 1. The van der Waals surface area contributed by atoms with Crippen molar-refractivity contribution in [2.24, 2.45) is 0 Å². The Hall–Kier alpha value is -3.00. The minimum absolute atomic E-state index is 0. The summed E-state index contributed by atoms with van der Waals surface area (Å²) in [4.78, 5) is 24.7. The van der Waals surface area contributed by atoms with Gasteiger partial charge in [-0.05, 0) is 36.8 Å². The van der Waals surface area contributed by atoms with Crippen LogP contribution in [0.15, 0.2) is 48.9 Å². The molecule has 0 unspecified atom stereocenters. The second kappa shape index (κ2) is 7.20. The van der Waals surface area contributed by atoms with Crippen LogP contribution >= 0.6 is 12.4 Å². The van der Waals surface area contributed by atoms with Gasteiger partial charge in [-0.2, -0.15) is 9.78 Å². The largest absolute Gasteiger partial charge is 0.354 e. The number of anilines is 2. The quantitative estimate of drug-likeness (QED) is 0.674. The minimum atomic E-state index is -0.781. The van der Waals surface area contributed by atoms with Gasteiger partial charge in [0.25, 0.3) is 0 Å². The molecule has 1 saturated heterocycles. The standard InChI is InChI=1S/C19H17FN6O.ClH/c20-14-5-7-24(11-14)18-4-3-13(9-22-18)17-8-16-12-25(19(27)26(16)23-17)15-2-1-6-21-10-15;/h1-4,6,8-10,14H,5,7,11-12H2;1H/t14-;/m0./s1. The number of hydrogen-bond donors (Lipinski definition) is 0. The van der Waals surface area contributed by atoms with Gasteiger partial charge in [-0.15, -0.1) is 12.4 Å². The van der Waals surface area contributed by atoms with Gasteiger partial charge in [0.15, 0.2) is 0 Å². The summed E-state index contributed by atoms with van der Waals surface area (Å²) in [6, 6.07) is 9.14. The number of amides is 1. The van der Waals surface area contributed by atoms with Crippen molar-refractivity contribution in [3.8, 4) is 11.3 Å². The zero-order valence-electron chi connectivity index (χ0n) is 14.9. The number of aromatic nitrogens is 4. The monoisotopic (exact) mass is 400 g/mol. The summed E-state index contributed by atoms with van der Waals surface area (Å²) in [5.74, 6) is 0.768. The van der Waals surface area contributed by atoms with Gasteiger partial charge in [-0.3, -0.25) is 9.88 Å². The Kier molecular flexibility index (Phi) is 4.72. The van der Waals surface area contributed by atoms with Crippen LogP contribution in [0.3, 0.4) is 0 Å². The van der Waals surface area contributed by atoms with E-state index in [0.29, 0.717) is 31.7 Å². The van der Waals surface area contributed by atoms with E-state index in [9.17, 15) is 9.18 Å². The summed E-state index contributed by atoms with van der Waals surface area (Å²) < 4.78 is 14.8. The van der Waals surface area contributed by atoms with Crippen LogP contribution in [-0.2, 0) is 6.54 Å². The summed E-state index contributed by atoms with van der Waals surface area (Å²) in [6.45, 7) is 1.53. The summed E-state index contributed by atoms with van der Waals surface area (Å²) in [5, 5.41) is 4.45. The Labute approximate surface area is 167 Å². The highest BCUT2D eigenvalue weighted by Crippen LogP contribution is 2.28. The number of nitrogens with zero attached hydrogens (tertiary/aromatic N) is 6. The molecular formula is C19H18ClFN6O. The first-order valence-corrected chi connectivity index (χ1v) is 8.85. The first kappa shape index (κ1) is 18.4. The Morgan fingerprint density at radius 1 is 1.18 bits per heavy atom. The number of alkyl halides is 1. The zero-order chi connectivity index (χ0) is 18.4. The highest BCUT2D eigenvalue weighted by Gasteiger charge is 2.30. The van der Waals surface area contributed by atoms with Gasteiger partial charge < -0.3 is 4.90 Å². The third-order valence-electron chi connectivity index (χ3n) is 4.97. The molecule has 0 saturated carbocycles. The molecule has 3 aromatic heterocycles. The van der Waals surface area contributed by atoms with Crippen molar-refractivity contribution in [3.05, 3.63) is 54.6 Å². The van der Waals surface area contributed by atoms with Crippen molar-refractivity contribution < 1.29 is 9.18 Å². The Morgan fingerprint density at radius 2 is 2.07 bits per heavy atom. The van der Waals surface area contributed by atoms with Gasteiger partial charge in [0.1, 0.15) is 12.0 Å². The lowest BCUT2D eigenvalue weighted by Crippen LogP contribution is -2.26. The van der Waals surface area contributed by atoms with E-state index in [-0.39, 0.29) is 18.4 Å². The molecule has 144 valence electrons. The summed E-state index contributed by atoms with van der Waals surface area (Å²) in [7, 11) is 0. The SMILES string of the molecule is Cl.O=C1N(c2cccnc2)Cc2cc(-c3ccc(N4CC[C@H](F)C4)nc3)nn21. The second-order valence-corrected chi connectivity index (χ2v) is 6.75. The second-order valence-electron chi connectivity index (χ2n) is 6.75. The Bertz CT molecular complexity index is 993. The van der Waals surface area contributed by atoms with Crippen LogP contribution in [-0.4, -0.2) is 45.0 Å². The predicted molar refractivity (Wildman–Crippen MR) is 106 cm³/mol. The van der Waals surface area contributed by atoms with Gasteiger partial charge in [-0.1, -0.05) is 0 Å². The molecule has 0 aromatic carbocycles. The van der Waals surface area contributed by atoms with E-state index in [1.54, 1.807) is 29.6 Å². The number of carbonyl (C=O) groups is 1. The van der Waals surface area contributed by atoms with E-state index in [1.165, 1.54) is 4.68 Å². The summed E-state index contributed by atoms with van der Waals surface area (Å²) in [6.07, 6.45) is 4.83. The molecule has 5 rings (SSSR count). The molecule has 1 fully saturated rings. The van der Waals surface area contributed by atoms with Crippen LogP contribution in [0, 0.1) is 0 Å². The van der Waals surface area contributed by atoms with Crippen LogP contribution in [0.2, 0.25) is 0 Å². The maximum atomic E-state index is 13.4. The molecule has 0 aliphatic carbocycles. The Morgan fingerprint density at radius 3 is 2.71 bits per heavy atom. The van der Waals surface area contributed by atoms with Crippen LogP contribution in [0.25, 0.3) is 11.3 Å². The van der Waals surface area contributed by atoms with Crippen molar-refractivity contribution >= 4 is 29.9 Å². The van der Waals surface area contributed by atoms with Gasteiger partial charge >= 0.3 is 6.03 Å². The lowest BCUT2D eigenvalue weighted by molar-refractivity contribution is 0.248. The van der Waals surface area contributed by atoms with Crippen LogP contribution < -0.4 is 9.80 Å². The maximum Gasteiger partial charge on any atom is 0.349 e. The normalized spacial score (nSPS) is 18.3. The molecule has 3 aromatic rings. The van der Waals surface area contributed by atoms with Gasteiger partial charge in [0, 0.05) is 24.5 Å². The van der Waals surface area contributed by atoms with E-state index in [4.69, 9.17) is 0 Å².